The topological polar surface area (TPSA) is 65.1 Å². The summed E-state index contributed by atoms with van der Waals surface area (Å²) in [6.07, 6.45) is 3.75. The lowest BCUT2D eigenvalue weighted by Crippen LogP contribution is -2.35. The van der Waals surface area contributed by atoms with E-state index in [0.29, 0.717) is 33.7 Å². The number of para-hydroxylation sites is 1. The van der Waals surface area contributed by atoms with Crippen LogP contribution < -0.4 is 4.74 Å². The molecular formula is C19H21NO5S2. The van der Waals surface area contributed by atoms with Crippen LogP contribution in [0.15, 0.2) is 29.2 Å². The van der Waals surface area contributed by atoms with Crippen LogP contribution in [0.4, 0.5) is 0 Å². The van der Waals surface area contributed by atoms with E-state index < -0.39 is 5.97 Å². The van der Waals surface area contributed by atoms with Gasteiger partial charge >= 0.3 is 5.97 Å². The van der Waals surface area contributed by atoms with Gasteiger partial charge in [-0.25, -0.2) is 4.79 Å². The summed E-state index contributed by atoms with van der Waals surface area (Å²) >= 11 is 6.64. The van der Waals surface area contributed by atoms with Crippen LogP contribution in [0.1, 0.15) is 25.3 Å². The van der Waals surface area contributed by atoms with Gasteiger partial charge < -0.3 is 14.2 Å². The maximum atomic E-state index is 12.7. The summed E-state index contributed by atoms with van der Waals surface area (Å²) in [5.74, 6) is -0.0502. The van der Waals surface area contributed by atoms with E-state index in [4.69, 9.17) is 26.4 Å². The zero-order valence-electron chi connectivity index (χ0n) is 15.0. The van der Waals surface area contributed by atoms with Gasteiger partial charge in [-0.3, -0.25) is 9.69 Å². The number of ether oxygens (including phenoxy) is 3. The monoisotopic (exact) mass is 407 g/mol. The number of benzene rings is 1. The zero-order valence-corrected chi connectivity index (χ0v) is 16.6. The lowest BCUT2D eigenvalue weighted by molar-refractivity contribution is -0.145. The van der Waals surface area contributed by atoms with E-state index in [-0.39, 0.29) is 18.6 Å². The molecule has 0 unspecified atom stereocenters. The van der Waals surface area contributed by atoms with E-state index in [2.05, 4.69) is 0 Å². The highest BCUT2D eigenvalue weighted by Crippen LogP contribution is 2.35. The second-order valence-corrected chi connectivity index (χ2v) is 7.73. The number of thiocarbonyl (C=S) groups is 1. The zero-order chi connectivity index (χ0) is 19.2. The highest BCUT2D eigenvalue weighted by Gasteiger charge is 2.34. The molecule has 1 amide bonds. The summed E-state index contributed by atoms with van der Waals surface area (Å²) in [4.78, 5) is 26.4. The lowest BCUT2D eigenvalue weighted by atomic mass is 10.2. The fourth-order valence-corrected chi connectivity index (χ4v) is 4.13. The van der Waals surface area contributed by atoms with E-state index in [1.165, 1.54) is 11.8 Å². The SMILES string of the molecule is CCOC(=O)COc1ccccc1/C=C1\SC(=S)N(C[C@H]2CCCO2)C1=O. The van der Waals surface area contributed by atoms with Crippen molar-refractivity contribution in [3.8, 4) is 5.75 Å². The van der Waals surface area contributed by atoms with Crippen LogP contribution in [0.3, 0.4) is 0 Å². The largest absolute Gasteiger partial charge is 0.481 e. The Labute approximate surface area is 167 Å². The first-order valence-corrected chi connectivity index (χ1v) is 10.1. The van der Waals surface area contributed by atoms with Crippen molar-refractivity contribution in [2.75, 3.05) is 26.4 Å². The Kier molecular flexibility index (Phi) is 6.87. The van der Waals surface area contributed by atoms with Crippen LogP contribution in [0.5, 0.6) is 5.75 Å². The minimum atomic E-state index is -0.435. The molecule has 2 heterocycles. The first-order chi connectivity index (χ1) is 13.1. The molecule has 0 spiro atoms. The van der Waals surface area contributed by atoms with Crippen molar-refractivity contribution >= 4 is 46.3 Å². The molecule has 3 rings (SSSR count). The smallest absolute Gasteiger partial charge is 0.344 e. The predicted octanol–water partition coefficient (Wildman–Crippen LogP) is 3.01. The molecule has 1 atom stereocenters. The van der Waals surface area contributed by atoms with Crippen molar-refractivity contribution < 1.29 is 23.8 Å². The first-order valence-electron chi connectivity index (χ1n) is 8.83. The molecule has 0 aliphatic carbocycles. The number of carbonyl (C=O) groups is 2. The van der Waals surface area contributed by atoms with Gasteiger partial charge in [0.2, 0.25) is 0 Å². The Morgan fingerprint density at radius 3 is 3.00 bits per heavy atom. The summed E-state index contributed by atoms with van der Waals surface area (Å²) in [6.45, 7) is 3.09. The third kappa shape index (κ3) is 5.09. The Bertz CT molecular complexity index is 758. The number of rotatable bonds is 7. The lowest BCUT2D eigenvalue weighted by Gasteiger charge is -2.18. The summed E-state index contributed by atoms with van der Waals surface area (Å²) in [6, 6.07) is 7.22. The van der Waals surface area contributed by atoms with E-state index >= 15 is 0 Å². The van der Waals surface area contributed by atoms with Crippen molar-refractivity contribution in [3.63, 3.8) is 0 Å². The molecule has 144 valence electrons. The van der Waals surface area contributed by atoms with Crippen LogP contribution in [0, 0.1) is 0 Å². The highest BCUT2D eigenvalue weighted by atomic mass is 32.2. The highest BCUT2D eigenvalue weighted by molar-refractivity contribution is 8.26. The maximum Gasteiger partial charge on any atom is 0.344 e. The van der Waals surface area contributed by atoms with E-state index in [9.17, 15) is 9.59 Å². The average Bonchev–Trinajstić information content (AvgIpc) is 3.26. The van der Waals surface area contributed by atoms with Gasteiger partial charge in [-0.15, -0.1) is 0 Å². The van der Waals surface area contributed by atoms with E-state index in [1.54, 1.807) is 30.0 Å². The van der Waals surface area contributed by atoms with Crippen molar-refractivity contribution in [1.82, 2.24) is 4.90 Å². The third-order valence-corrected chi connectivity index (χ3v) is 5.52. The molecule has 2 aliphatic rings. The molecule has 0 radical (unpaired) electrons. The van der Waals surface area contributed by atoms with Gasteiger partial charge in [0.05, 0.1) is 24.2 Å². The second kappa shape index (κ2) is 9.34. The third-order valence-electron chi connectivity index (χ3n) is 4.14. The van der Waals surface area contributed by atoms with Crippen molar-refractivity contribution in [3.05, 3.63) is 34.7 Å². The summed E-state index contributed by atoms with van der Waals surface area (Å²) in [5.41, 5.74) is 0.708. The van der Waals surface area contributed by atoms with Crippen LogP contribution in [-0.4, -0.2) is 53.6 Å². The number of amides is 1. The predicted molar refractivity (Wildman–Crippen MR) is 107 cm³/mol. The standard InChI is InChI=1S/C19H21NO5S2/c1-2-23-17(21)12-25-15-8-4-3-6-13(15)10-16-18(22)20(19(26)27-16)11-14-7-5-9-24-14/h3-4,6,8,10,14H,2,5,7,9,11-12H2,1H3/b16-10-/t14-/m1/s1. The number of hydrogen-bond donors (Lipinski definition) is 0. The quantitative estimate of drug-likeness (QED) is 0.391. The molecule has 2 saturated heterocycles. The normalized spacial score (nSPS) is 21.1. The van der Waals surface area contributed by atoms with Gasteiger partial charge in [0.25, 0.3) is 5.91 Å². The van der Waals surface area contributed by atoms with Gasteiger partial charge in [0.1, 0.15) is 10.1 Å². The molecule has 1 aromatic carbocycles. The van der Waals surface area contributed by atoms with E-state index in [1.807, 2.05) is 12.1 Å². The van der Waals surface area contributed by atoms with Gasteiger partial charge in [0, 0.05) is 12.2 Å². The molecule has 8 heteroatoms. The molecular weight excluding hydrogens is 386 g/mol. The second-order valence-electron chi connectivity index (χ2n) is 6.06. The van der Waals surface area contributed by atoms with Crippen LogP contribution in [0.25, 0.3) is 6.08 Å². The Morgan fingerprint density at radius 1 is 1.44 bits per heavy atom. The summed E-state index contributed by atoms with van der Waals surface area (Å²) < 4.78 is 16.6. The number of nitrogens with zero attached hydrogens (tertiary/aromatic N) is 1. The molecule has 0 aromatic heterocycles. The number of carbonyl (C=O) groups excluding carboxylic acids is 2. The van der Waals surface area contributed by atoms with Crippen LogP contribution in [-0.2, 0) is 19.1 Å². The Hall–Kier alpha value is -1.90. The Morgan fingerprint density at radius 2 is 2.26 bits per heavy atom. The van der Waals surface area contributed by atoms with Gasteiger partial charge in [-0.2, -0.15) is 0 Å². The fraction of sp³-hybridized carbons (Fsp3) is 0.421. The van der Waals surface area contributed by atoms with Gasteiger partial charge in [-0.05, 0) is 31.9 Å². The number of thioether (sulfide) groups is 1. The minimum Gasteiger partial charge on any atom is -0.481 e. The molecule has 2 fully saturated rings. The van der Waals surface area contributed by atoms with Crippen molar-refractivity contribution in [1.29, 1.82) is 0 Å². The average molecular weight is 408 g/mol. The van der Waals surface area contributed by atoms with E-state index in [0.717, 1.165) is 19.4 Å². The molecule has 1 aromatic rings. The van der Waals surface area contributed by atoms with Gasteiger partial charge in [0.15, 0.2) is 6.61 Å². The number of esters is 1. The van der Waals surface area contributed by atoms with Crippen molar-refractivity contribution in [2.45, 2.75) is 25.9 Å². The number of hydrogen-bond acceptors (Lipinski definition) is 7. The fourth-order valence-electron chi connectivity index (χ4n) is 2.86. The molecule has 2 aliphatic heterocycles. The van der Waals surface area contributed by atoms with Crippen LogP contribution >= 0.6 is 24.0 Å². The summed E-state index contributed by atoms with van der Waals surface area (Å²) in [5, 5.41) is 0. The molecule has 0 bridgehead atoms. The molecule has 27 heavy (non-hydrogen) atoms. The molecule has 0 saturated carbocycles. The van der Waals surface area contributed by atoms with Gasteiger partial charge in [-0.1, -0.05) is 42.2 Å². The van der Waals surface area contributed by atoms with Crippen LogP contribution in [0.2, 0.25) is 0 Å². The molecule has 6 nitrogen and oxygen atoms in total. The Balaban J connectivity index is 1.71. The summed E-state index contributed by atoms with van der Waals surface area (Å²) in [7, 11) is 0. The maximum absolute atomic E-state index is 12.7. The van der Waals surface area contributed by atoms with Crippen molar-refractivity contribution in [2.24, 2.45) is 0 Å². The first kappa shape index (κ1) is 19.9. The minimum absolute atomic E-state index is 0.0482. The molecule has 0 N–H and O–H groups in total.